The number of fused-ring (bicyclic) bond motifs is 2. The molecule has 4 aromatic carbocycles. The number of hydrogen-bond acceptors (Lipinski definition) is 48. The number of sulfone groups is 2. The van der Waals surface area contributed by atoms with E-state index in [1.54, 1.807) is 45.9 Å². The number of thiazole rings is 2. The molecule has 0 aliphatic carbocycles. The average Bonchev–Trinajstić information content (AvgIpc) is 1.62. The van der Waals surface area contributed by atoms with Gasteiger partial charge in [-0.25, -0.2) is 60.7 Å². The second kappa shape index (κ2) is 35.5. The second-order valence-electron chi connectivity index (χ2n) is 27.4. The number of nitriles is 1. The van der Waals surface area contributed by atoms with Gasteiger partial charge >= 0.3 is 29.9 Å². The lowest BCUT2D eigenvalue weighted by molar-refractivity contribution is -0.432. The average molecular weight is 1940 g/mol. The fourth-order valence-electron chi connectivity index (χ4n) is 12.3. The van der Waals surface area contributed by atoms with Crippen molar-refractivity contribution in [3.05, 3.63) is 153 Å². The first kappa shape index (κ1) is 91.2. The summed E-state index contributed by atoms with van der Waals surface area (Å²) in [5.41, 5.74) is 26.4. The molecule has 15 N–H and O–H groups in total. The van der Waals surface area contributed by atoms with Crippen molar-refractivity contribution in [1.82, 2.24) is 118 Å². The highest BCUT2D eigenvalue weighted by molar-refractivity contribution is 7.94. The summed E-state index contributed by atoms with van der Waals surface area (Å²) >= 11 is 3.06. The van der Waals surface area contributed by atoms with Crippen LogP contribution in [0, 0.1) is 59.4 Å². The van der Waals surface area contributed by atoms with Gasteiger partial charge in [-0.3, -0.25) is 9.35 Å². The summed E-state index contributed by atoms with van der Waals surface area (Å²) in [5, 5.41) is 141. The van der Waals surface area contributed by atoms with Crippen molar-refractivity contribution in [2.24, 2.45) is 40.9 Å². The van der Waals surface area contributed by atoms with E-state index in [9.17, 15) is 79.8 Å². The van der Waals surface area contributed by atoms with Crippen LogP contribution in [0.1, 0.15) is 70.8 Å². The molecule has 0 aliphatic heterocycles. The predicted molar refractivity (Wildman–Crippen MR) is 460 cm³/mol. The van der Waals surface area contributed by atoms with E-state index < -0.39 is 104 Å². The lowest BCUT2D eigenvalue weighted by atomic mass is 10.1. The minimum absolute atomic E-state index is 0.0263. The molecule has 134 heavy (non-hydrogen) atoms. The zero-order valence-corrected chi connectivity index (χ0v) is 73.5. The number of rotatable bonds is 27. The number of aromatic hydroxyl groups is 2. The number of nitrogen functional groups attached to an aromatic ring is 4. The van der Waals surface area contributed by atoms with Gasteiger partial charge in [-0.05, 0) is 108 Å². The van der Waals surface area contributed by atoms with Gasteiger partial charge in [0, 0.05) is 23.5 Å². The number of azo groups is 4. The number of aromatic nitrogens is 24. The summed E-state index contributed by atoms with van der Waals surface area (Å²) in [6, 6.07) is 15.8. The Morgan fingerprint density at radius 1 is 0.500 bits per heavy atom. The van der Waals surface area contributed by atoms with Gasteiger partial charge in [0.15, 0.2) is 89.0 Å². The number of anilines is 4. The Morgan fingerprint density at radius 2 is 0.888 bits per heavy atom. The van der Waals surface area contributed by atoms with E-state index in [0.29, 0.717) is 37.1 Å². The van der Waals surface area contributed by atoms with Crippen molar-refractivity contribution in [3.8, 4) is 69.3 Å². The molecule has 58 nitrogen and oxygen atoms in total. The van der Waals surface area contributed by atoms with E-state index in [0.717, 1.165) is 111 Å². The van der Waals surface area contributed by atoms with Crippen LogP contribution in [-0.2, 0) is 44.0 Å². The molecule has 12 aromatic heterocycles. The number of aryl methyl sites for hydroxylation is 6. The molecule has 16 aromatic rings. The Morgan fingerprint density at radius 3 is 1.29 bits per heavy atom. The van der Waals surface area contributed by atoms with Gasteiger partial charge in [0.25, 0.3) is 46.1 Å². The highest BCUT2D eigenvalue weighted by atomic mass is 32.2. The molecule has 0 aliphatic rings. The van der Waals surface area contributed by atoms with Crippen LogP contribution < -0.4 is 27.7 Å². The van der Waals surface area contributed by atoms with Crippen molar-refractivity contribution in [1.29, 1.82) is 5.26 Å². The van der Waals surface area contributed by atoms with Crippen molar-refractivity contribution in [2.75, 3.05) is 35.4 Å². The normalized spacial score (nSPS) is 12.0. The van der Waals surface area contributed by atoms with Crippen molar-refractivity contribution in [3.63, 3.8) is 0 Å². The summed E-state index contributed by atoms with van der Waals surface area (Å²) in [5.74, 6) is -7.84. The monoisotopic (exact) mass is 1940 g/mol. The van der Waals surface area contributed by atoms with E-state index in [-0.39, 0.29) is 143 Å². The van der Waals surface area contributed by atoms with E-state index >= 15 is 0 Å². The number of nitrogens with zero attached hydrogens (tertiary/aromatic N) is 34. The zero-order valence-electron chi connectivity index (χ0n) is 68.6. The first-order valence-corrected chi connectivity index (χ1v) is 44.2. The molecule has 0 fully saturated rings. The van der Waals surface area contributed by atoms with Crippen LogP contribution in [0.15, 0.2) is 146 Å². The maximum atomic E-state index is 12.8. The highest BCUT2D eigenvalue weighted by Crippen LogP contribution is 2.43. The molecule has 0 saturated carbocycles. The Labute approximate surface area is 757 Å². The van der Waals surface area contributed by atoms with Gasteiger partial charge < -0.3 is 53.2 Å². The predicted octanol–water partition coefficient (Wildman–Crippen LogP) is 9.23. The SMILES string of the molecule is Cc1nn(-c2nc(O)nc(-n3nc(C)c(N=Nc4c(S(C)(=O)=O)cnn4-c4cc(C(=O)O)cc(C(=O)O)c4)c3N)n2)c(N)c1N=Nc1c(S(C)(=O)=O)cnn1-c1cc(OC=O)cc(C(=O)O)c1.[C-]#[N+]c1c(C)nn(-c2nc3ccc(S(=O)(=O)O)cc3s2)c1N=Nc1c(C)nn(-c2nc(O)nc(-n3nc(C)c(N=Nc4c(C#N)c(C)nn4-c4nc5ccc(SOOO)cc5s4)c3N)n2)c1N. The van der Waals surface area contributed by atoms with Crippen LogP contribution in [0.4, 0.5) is 75.0 Å². The Bertz CT molecular complexity index is 8210. The van der Waals surface area contributed by atoms with Crippen molar-refractivity contribution < 1.29 is 93.9 Å². The number of carbonyl (C=O) groups excluding carboxylic acids is 1. The molecule has 0 amide bonds. The number of hydrogen-bond donors (Lipinski definition) is 11. The summed E-state index contributed by atoms with van der Waals surface area (Å²) in [6.07, 6.45) is 3.53. The number of carboxylic acids is 3. The molecule has 0 spiro atoms. The first-order valence-electron chi connectivity index (χ1n) is 36.6. The Hall–Kier alpha value is -17.5. The van der Waals surface area contributed by atoms with Gasteiger partial charge in [-0.15, -0.1) is 45.2 Å². The fourth-order valence-corrected chi connectivity index (χ4v) is 16.7. The quantitative estimate of drug-likeness (QED) is 0.00434. The Kier molecular flexibility index (Phi) is 24.2. The smallest absolute Gasteiger partial charge is 0.335 e. The molecular weight excluding hydrogens is 1890 g/mol. The third-order valence-corrected chi connectivity index (χ3v) is 24.0. The third-order valence-electron chi connectivity index (χ3n) is 18.4. The van der Waals surface area contributed by atoms with Gasteiger partial charge in [0.05, 0.1) is 119 Å². The van der Waals surface area contributed by atoms with Crippen LogP contribution in [0.3, 0.4) is 0 Å². The lowest BCUT2D eigenvalue weighted by Crippen LogP contribution is -2.13. The second-order valence-corrected chi connectivity index (χ2v) is 35.6. The molecule has 0 saturated heterocycles. The molecule has 64 heteroatoms. The molecule has 12 heterocycles. The molecule has 0 radical (unpaired) electrons. The van der Waals surface area contributed by atoms with Crippen molar-refractivity contribution in [2.45, 2.75) is 61.1 Å². The number of benzene rings is 4. The number of carbonyl (C=O) groups is 4. The zero-order chi connectivity index (χ0) is 96.3. The van der Waals surface area contributed by atoms with E-state index in [1.165, 1.54) is 58.8 Å². The topological polar surface area (TPSA) is 817 Å². The van der Waals surface area contributed by atoms with Gasteiger partial charge in [0.1, 0.15) is 27.2 Å². The number of ether oxygens (including phenoxy) is 1. The van der Waals surface area contributed by atoms with E-state index in [2.05, 4.69) is 142 Å². The third kappa shape index (κ3) is 17.8. The van der Waals surface area contributed by atoms with E-state index in [4.69, 9.17) is 39.5 Å². The van der Waals surface area contributed by atoms with Crippen molar-refractivity contribution >= 4 is 184 Å². The van der Waals surface area contributed by atoms with E-state index in [1.807, 2.05) is 0 Å². The van der Waals surface area contributed by atoms with Crippen LogP contribution in [0.25, 0.3) is 70.7 Å². The number of carboxylic acid groups (broad SMARTS) is 3. The van der Waals surface area contributed by atoms with Crippen LogP contribution >= 0.6 is 34.7 Å². The maximum absolute atomic E-state index is 12.8. The fraction of sp³-hybridized carbons (Fsp3) is 0.114. The summed E-state index contributed by atoms with van der Waals surface area (Å²) in [6.45, 7) is 17.1. The largest absolute Gasteiger partial charge is 0.479 e. The number of nitrogens with two attached hydrogens (primary N) is 4. The van der Waals surface area contributed by atoms with Crippen LogP contribution in [0.2, 0.25) is 0 Å². The maximum Gasteiger partial charge on any atom is 0.335 e. The molecule has 680 valence electrons. The van der Waals surface area contributed by atoms with Crippen LogP contribution in [0.5, 0.6) is 17.8 Å². The Balaban J connectivity index is 0.000000204. The lowest BCUT2D eigenvalue weighted by Gasteiger charge is -2.08. The summed E-state index contributed by atoms with van der Waals surface area (Å²) < 4.78 is 103. The standard InChI is InChI=1S/C35H25N21O7S4.C35H29N17O13S2/c1-13-19(12-36)29(55(49-13)34-40-20-8-6-17(66-63-62-58)10-22(20)64-34)47-45-24-14(2)50-53(27(24)37)31-42-32(44-33(57)43-31)54-28(38)25(15(3)51-54)46-48-30-26(39-5)16(4)52-56(30)35-41-21-9-7-18(67(59,60)61)11-23(21)65-35;1-14-24(43-45-28-22(66(3,61)62)11-38-49(28)19-6-16(30(54)55)5-17(7-19)31(56)57)26(36)51(47-14)33-40-34(42-35(60)41-33)52-27(37)25(15(2)48-52)44-46-29-23(67(4,63)64)12-39-50(29)20-8-18(32(58)59)9-21(10-20)65-13-53/h6-11,58H,37-38H2,1-4H3,(H,59,60,61)(H,42,43,44,57);5-13H,36-37H2,1-4H3,(H,54,55)(H,56,57)(H,58,59)(H,40,41,42,60). The number of aromatic carboxylic acids is 3. The highest BCUT2D eigenvalue weighted by Gasteiger charge is 2.31. The van der Waals surface area contributed by atoms with Crippen LogP contribution in [-0.4, -0.2) is 216 Å². The minimum atomic E-state index is -4.48. The molecule has 0 atom stereocenters. The summed E-state index contributed by atoms with van der Waals surface area (Å²) in [4.78, 5) is 82.9. The molecular formula is C70H54N38O20S6. The first-order chi connectivity index (χ1) is 63.5. The molecule has 16 rings (SSSR count). The molecule has 0 unspecified atom stereocenters. The van der Waals surface area contributed by atoms with Gasteiger partial charge in [-0.1, -0.05) is 27.7 Å². The molecule has 0 bridgehead atoms. The van der Waals surface area contributed by atoms with Gasteiger partial charge in [-0.2, -0.15) is 112 Å². The summed E-state index contributed by atoms with van der Waals surface area (Å²) in [7, 11) is -12.6. The minimum Gasteiger partial charge on any atom is -0.479 e. The van der Waals surface area contributed by atoms with Gasteiger partial charge in [0.2, 0.25) is 10.3 Å².